The lowest BCUT2D eigenvalue weighted by Gasteiger charge is -2.14. The van der Waals surface area contributed by atoms with Gasteiger partial charge < -0.3 is 15.4 Å². The van der Waals surface area contributed by atoms with Gasteiger partial charge in [0.05, 0.1) is 18.5 Å². The molecule has 0 aliphatic carbocycles. The molecule has 0 aliphatic heterocycles. The molecule has 0 atom stereocenters. The Morgan fingerprint density at radius 1 is 1.24 bits per heavy atom. The minimum Gasteiger partial charge on any atom is -0.497 e. The van der Waals surface area contributed by atoms with Gasteiger partial charge in [-0.25, -0.2) is 0 Å². The van der Waals surface area contributed by atoms with E-state index in [0.717, 1.165) is 0 Å². The van der Waals surface area contributed by atoms with E-state index in [4.69, 9.17) is 4.74 Å². The number of carbonyl (C=O) groups is 2. The number of allylic oxidation sites excluding steroid dienone is 1. The highest BCUT2D eigenvalue weighted by Crippen LogP contribution is 2.27. The minimum absolute atomic E-state index is 0.118. The van der Waals surface area contributed by atoms with Gasteiger partial charge in [-0.1, -0.05) is 26.0 Å². The summed E-state index contributed by atoms with van der Waals surface area (Å²) in [7, 11) is 1.55. The van der Waals surface area contributed by atoms with Gasteiger partial charge in [-0.15, -0.1) is 0 Å². The molecule has 0 bridgehead atoms. The molecule has 5 nitrogen and oxygen atoms in total. The van der Waals surface area contributed by atoms with Crippen molar-refractivity contribution < 1.29 is 14.3 Å². The van der Waals surface area contributed by atoms with Crippen molar-refractivity contribution in [1.29, 1.82) is 0 Å². The third-order valence-electron chi connectivity index (χ3n) is 2.82. The SMILES string of the molecule is CC=CCC(=O)Nc1ccc(OC)cc1NC(=O)C(C)C. The number of methoxy groups -OCH3 is 1. The Hall–Kier alpha value is -2.30. The first kappa shape index (κ1) is 16.8. The van der Waals surface area contributed by atoms with E-state index in [1.165, 1.54) is 0 Å². The fourth-order valence-corrected chi connectivity index (χ4v) is 1.57. The van der Waals surface area contributed by atoms with E-state index >= 15 is 0 Å². The van der Waals surface area contributed by atoms with Crippen LogP contribution in [0.5, 0.6) is 5.75 Å². The number of amides is 2. The molecule has 21 heavy (non-hydrogen) atoms. The number of rotatable bonds is 6. The molecule has 0 saturated heterocycles. The Labute approximate surface area is 125 Å². The predicted octanol–water partition coefficient (Wildman–Crippen LogP) is 3.19. The van der Waals surface area contributed by atoms with Gasteiger partial charge in [0.2, 0.25) is 11.8 Å². The number of carbonyl (C=O) groups excluding carboxylic acids is 2. The van der Waals surface area contributed by atoms with Crippen LogP contribution in [-0.4, -0.2) is 18.9 Å². The molecule has 0 spiro atoms. The van der Waals surface area contributed by atoms with Crippen molar-refractivity contribution in [2.75, 3.05) is 17.7 Å². The number of nitrogens with one attached hydrogen (secondary N) is 2. The van der Waals surface area contributed by atoms with Crippen LogP contribution in [0.15, 0.2) is 30.4 Å². The van der Waals surface area contributed by atoms with E-state index < -0.39 is 0 Å². The third-order valence-corrected chi connectivity index (χ3v) is 2.82. The average Bonchev–Trinajstić information content (AvgIpc) is 2.46. The molecule has 0 radical (unpaired) electrons. The summed E-state index contributed by atoms with van der Waals surface area (Å²) >= 11 is 0. The number of hydrogen-bond donors (Lipinski definition) is 2. The van der Waals surface area contributed by atoms with Gasteiger partial charge in [0, 0.05) is 18.4 Å². The summed E-state index contributed by atoms with van der Waals surface area (Å²) in [5.41, 5.74) is 1.08. The van der Waals surface area contributed by atoms with Crippen LogP contribution in [0.1, 0.15) is 27.2 Å². The average molecular weight is 290 g/mol. The molecule has 1 aromatic carbocycles. The second-order valence-corrected chi connectivity index (χ2v) is 4.88. The van der Waals surface area contributed by atoms with Gasteiger partial charge >= 0.3 is 0 Å². The fraction of sp³-hybridized carbons (Fsp3) is 0.375. The lowest BCUT2D eigenvalue weighted by Crippen LogP contribution is -2.20. The van der Waals surface area contributed by atoms with Gasteiger partial charge in [-0.05, 0) is 19.1 Å². The normalized spacial score (nSPS) is 10.7. The Bertz CT molecular complexity index is 536. The second-order valence-electron chi connectivity index (χ2n) is 4.88. The van der Waals surface area contributed by atoms with Gasteiger partial charge in [-0.3, -0.25) is 9.59 Å². The Kier molecular flexibility index (Phi) is 6.46. The molecule has 5 heteroatoms. The molecular formula is C16H22N2O3. The maximum absolute atomic E-state index is 11.8. The Morgan fingerprint density at radius 2 is 1.95 bits per heavy atom. The summed E-state index contributed by atoms with van der Waals surface area (Å²) in [6.45, 7) is 5.47. The summed E-state index contributed by atoms with van der Waals surface area (Å²) in [5.74, 6) is 0.203. The van der Waals surface area contributed by atoms with Gasteiger partial charge in [0.15, 0.2) is 0 Å². The minimum atomic E-state index is -0.150. The van der Waals surface area contributed by atoms with Crippen LogP contribution in [0.2, 0.25) is 0 Å². The van der Waals surface area contributed by atoms with E-state index in [1.807, 2.05) is 13.0 Å². The zero-order valence-corrected chi connectivity index (χ0v) is 12.9. The van der Waals surface area contributed by atoms with Gasteiger partial charge in [0.1, 0.15) is 5.75 Å². The van der Waals surface area contributed by atoms with Gasteiger partial charge in [-0.2, -0.15) is 0 Å². The van der Waals surface area contributed by atoms with E-state index in [1.54, 1.807) is 45.2 Å². The topological polar surface area (TPSA) is 67.4 Å². The summed E-state index contributed by atoms with van der Waals surface area (Å²) in [4.78, 5) is 23.6. The molecule has 0 fully saturated rings. The first-order valence-electron chi connectivity index (χ1n) is 6.87. The first-order chi connectivity index (χ1) is 9.97. The first-order valence-corrected chi connectivity index (χ1v) is 6.87. The van der Waals surface area contributed by atoms with Crippen LogP contribution < -0.4 is 15.4 Å². The molecule has 0 unspecified atom stereocenters. The van der Waals surface area contributed by atoms with Crippen molar-refractivity contribution in [2.24, 2.45) is 5.92 Å². The van der Waals surface area contributed by atoms with E-state index in [0.29, 0.717) is 23.5 Å². The van der Waals surface area contributed by atoms with Crippen LogP contribution in [0.25, 0.3) is 0 Å². The number of benzene rings is 1. The zero-order valence-electron chi connectivity index (χ0n) is 12.9. The summed E-state index contributed by atoms with van der Waals surface area (Å²) in [6, 6.07) is 5.13. The summed E-state index contributed by atoms with van der Waals surface area (Å²) in [6.07, 6.45) is 3.88. The molecule has 114 valence electrons. The lowest BCUT2D eigenvalue weighted by atomic mass is 10.2. The van der Waals surface area contributed by atoms with E-state index in [9.17, 15) is 9.59 Å². The van der Waals surface area contributed by atoms with Crippen molar-refractivity contribution in [3.8, 4) is 5.75 Å². The maximum atomic E-state index is 11.8. The van der Waals surface area contributed by atoms with Crippen molar-refractivity contribution in [1.82, 2.24) is 0 Å². The maximum Gasteiger partial charge on any atom is 0.228 e. The standard InChI is InChI=1S/C16H22N2O3/c1-5-6-7-15(19)17-13-9-8-12(21-4)10-14(13)18-16(20)11(2)3/h5-6,8-11H,7H2,1-4H3,(H,17,19)(H,18,20). The fourth-order valence-electron chi connectivity index (χ4n) is 1.57. The largest absolute Gasteiger partial charge is 0.497 e. The van der Waals surface area contributed by atoms with Crippen molar-refractivity contribution >= 4 is 23.2 Å². The highest BCUT2D eigenvalue weighted by molar-refractivity contribution is 6.00. The highest BCUT2D eigenvalue weighted by Gasteiger charge is 2.12. The summed E-state index contributed by atoms with van der Waals surface area (Å²) in [5, 5.41) is 5.57. The highest BCUT2D eigenvalue weighted by atomic mass is 16.5. The molecule has 0 aromatic heterocycles. The van der Waals surface area contributed by atoms with Crippen molar-refractivity contribution in [3.63, 3.8) is 0 Å². The smallest absolute Gasteiger partial charge is 0.228 e. The molecule has 0 saturated carbocycles. The number of hydrogen-bond acceptors (Lipinski definition) is 3. The van der Waals surface area contributed by atoms with Crippen molar-refractivity contribution in [2.45, 2.75) is 27.2 Å². The van der Waals surface area contributed by atoms with E-state index in [-0.39, 0.29) is 17.7 Å². The Morgan fingerprint density at radius 3 is 2.52 bits per heavy atom. The molecule has 1 aromatic rings. The van der Waals surface area contributed by atoms with Crippen LogP contribution >= 0.6 is 0 Å². The number of ether oxygens (including phenoxy) is 1. The zero-order chi connectivity index (χ0) is 15.8. The van der Waals surface area contributed by atoms with Crippen LogP contribution in [0.4, 0.5) is 11.4 Å². The summed E-state index contributed by atoms with van der Waals surface area (Å²) < 4.78 is 5.15. The van der Waals surface area contributed by atoms with Gasteiger partial charge in [0.25, 0.3) is 0 Å². The van der Waals surface area contributed by atoms with Crippen LogP contribution in [0.3, 0.4) is 0 Å². The van der Waals surface area contributed by atoms with E-state index in [2.05, 4.69) is 10.6 Å². The van der Waals surface area contributed by atoms with Crippen LogP contribution in [-0.2, 0) is 9.59 Å². The monoisotopic (exact) mass is 290 g/mol. The second kappa shape index (κ2) is 8.09. The molecule has 1 rings (SSSR count). The third kappa shape index (κ3) is 5.30. The lowest BCUT2D eigenvalue weighted by molar-refractivity contribution is -0.119. The van der Waals surface area contributed by atoms with Crippen LogP contribution in [0, 0.1) is 5.92 Å². The predicted molar refractivity (Wildman–Crippen MR) is 84.5 cm³/mol. The van der Waals surface area contributed by atoms with Crippen molar-refractivity contribution in [3.05, 3.63) is 30.4 Å². The molecule has 0 heterocycles. The molecular weight excluding hydrogens is 268 g/mol. The Balaban J connectivity index is 2.96. The molecule has 2 N–H and O–H groups in total. The number of anilines is 2. The molecule has 2 amide bonds. The molecule has 0 aliphatic rings. The quantitative estimate of drug-likeness (QED) is 0.791.